The van der Waals surface area contributed by atoms with Crippen LogP contribution >= 0.6 is 0 Å². The largest absolute Gasteiger partial charge is 0.454 e. The van der Waals surface area contributed by atoms with Crippen LogP contribution in [-0.2, 0) is 0 Å². The summed E-state index contributed by atoms with van der Waals surface area (Å²) < 4.78 is 70.9. The van der Waals surface area contributed by atoms with Crippen molar-refractivity contribution in [2.24, 2.45) is 0 Å². The number of anilines is 10. The standard InChI is InChI=1S/C25H20N4O.C22H20N2O.2C20H22N2O.C18H18N2O/c1-16-12-13-20-19-10-6-7-11-21(19)30-23(20)22(16)29-17(2)28(18-8-4-3-5-9-18)24-25(29)27-15-14-26-24;1-14-12-13-17-16-8-4-7-11-20(16)25-22(17)21(14)24-15(2)23(3)18-9-5-6-10-19(18)24;2*1-13(2)21-11-12-22(15(21)4)19-14(3)9-10-17-16-7-5-6-8-18(16)23-20(17)19;1-12-8-9-15-14-6-4-5-7-16(14)21-18(15)17(12)20-11-10-19(3)13(20)2/h3-15,17H,1-2H3;4-13,15H,1-3H3;2*5-13,15H,1-4H3;4-11,13H,1-3H3/i;;2*13D;3D3. The Labute approximate surface area is 718 Å². The van der Waals surface area contributed by atoms with Crippen LogP contribution in [0, 0.1) is 34.6 Å². The van der Waals surface area contributed by atoms with E-state index in [4.69, 9.17) is 33.9 Å². The minimum absolute atomic E-state index is 0.0117. The van der Waals surface area contributed by atoms with Gasteiger partial charge in [0.25, 0.3) is 0 Å². The summed E-state index contributed by atoms with van der Waals surface area (Å²) in [5.74, 6) is 1.69. The van der Waals surface area contributed by atoms with Crippen molar-refractivity contribution in [1.29, 1.82) is 0 Å². The Morgan fingerprint density at radius 1 is 0.303 bits per heavy atom. The average Bonchev–Trinajstić information content (AvgIpc) is 1.58. The molecule has 0 fully saturated rings. The van der Waals surface area contributed by atoms with Gasteiger partial charge < -0.3 is 66.2 Å². The Hall–Kier alpha value is -14.1. The number of aryl methyl sites for hydroxylation is 5. The number of hydrogen-bond donors (Lipinski definition) is 0. The van der Waals surface area contributed by atoms with Crippen molar-refractivity contribution >= 4 is 167 Å². The maximum atomic E-state index is 8.34. The van der Waals surface area contributed by atoms with Crippen LogP contribution in [0.2, 0.25) is 0 Å². The zero-order valence-corrected chi connectivity index (χ0v) is 71.4. The molecule has 0 saturated heterocycles. The average molecular weight is 1620 g/mol. The van der Waals surface area contributed by atoms with Gasteiger partial charge in [0.05, 0.1) is 42.6 Å². The van der Waals surface area contributed by atoms with E-state index in [1.165, 1.54) is 43.7 Å². The lowest BCUT2D eigenvalue weighted by molar-refractivity contribution is 0.263. The van der Waals surface area contributed by atoms with Crippen molar-refractivity contribution in [3.05, 3.63) is 314 Å². The SMILES string of the molecule is Cc1ccc2c(oc3ccccc32)c1N1c2ccccc2N(C)C1C.Cc1ccc2c(oc3ccccc32)c1N1c2nccnc2N(c2ccccc2)C1C.[2H]C(C)(C)N1C=CN(c2c(C)ccc3c2oc2ccccc23)C1C.[2H]C(C)(C)N1C=CN(c2c(C)ccc3c2oc2ccccc23)C1C.[2H]C([2H])([2H])N1C=CN(c2c(C)ccc3c2oc2ccccc23)C1C. The molecule has 18 aromatic rings. The smallest absolute Gasteiger partial charge is 0.178 e. The monoisotopic (exact) mass is 1620 g/mol. The molecule has 0 spiro atoms. The summed E-state index contributed by atoms with van der Waals surface area (Å²) in [6, 6.07) is 79.6. The number of aromatic nitrogens is 2. The molecule has 0 N–H and O–H groups in total. The molecule has 5 unspecified atom stereocenters. The molecule has 12 aromatic carbocycles. The number of nitrogens with zero attached hydrogens (tertiary/aromatic N) is 12. The Balaban J connectivity index is 0.000000104. The molecule has 23 rings (SSSR count). The first-order valence-corrected chi connectivity index (χ1v) is 41.9. The van der Waals surface area contributed by atoms with Crippen molar-refractivity contribution in [3.63, 3.8) is 0 Å². The van der Waals surface area contributed by atoms with Gasteiger partial charge in [-0.2, -0.15) is 0 Å². The van der Waals surface area contributed by atoms with Crippen molar-refractivity contribution in [3.8, 4) is 0 Å². The molecular formula is C105H102N12O5. The van der Waals surface area contributed by atoms with Crippen LogP contribution in [0.25, 0.3) is 110 Å². The van der Waals surface area contributed by atoms with Crippen LogP contribution in [0.4, 0.5) is 57.1 Å². The van der Waals surface area contributed by atoms with E-state index in [9.17, 15) is 0 Å². The molecule has 0 radical (unpaired) electrons. The predicted molar refractivity (Wildman–Crippen MR) is 506 cm³/mol. The van der Waals surface area contributed by atoms with E-state index in [-0.39, 0.29) is 30.8 Å². The summed E-state index contributed by atoms with van der Waals surface area (Å²) in [5, 5.41) is 11.2. The molecule has 17 nitrogen and oxygen atoms in total. The fourth-order valence-electron chi connectivity index (χ4n) is 18.5. The molecule has 17 heteroatoms. The molecular weight excluding hydrogens is 1510 g/mol. The number of fused-ring (bicyclic) bond motifs is 17. The number of furan rings is 5. The van der Waals surface area contributed by atoms with E-state index in [1.54, 1.807) is 18.6 Å². The van der Waals surface area contributed by atoms with Crippen LogP contribution in [0.15, 0.2) is 308 Å². The fraction of sp³-hybridized carbons (Fsp3) is 0.219. The first-order chi connectivity index (χ1) is 61.0. The van der Waals surface area contributed by atoms with Crippen molar-refractivity contribution in [1.82, 2.24) is 24.7 Å². The molecule has 5 aliphatic heterocycles. The van der Waals surface area contributed by atoms with Gasteiger partial charge in [-0.3, -0.25) is 4.90 Å². The summed E-state index contributed by atoms with van der Waals surface area (Å²) >= 11 is 0. The lowest BCUT2D eigenvalue weighted by Crippen LogP contribution is -2.39. The van der Waals surface area contributed by atoms with E-state index in [2.05, 4.69) is 237 Å². The molecule has 5 aliphatic rings. The summed E-state index contributed by atoms with van der Waals surface area (Å²) in [6.07, 6.45) is 15.1. The van der Waals surface area contributed by atoms with Crippen molar-refractivity contribution in [2.45, 2.75) is 140 Å². The maximum absolute atomic E-state index is 8.34. The first-order valence-electron chi connectivity index (χ1n) is 44.4. The zero-order valence-electron chi connectivity index (χ0n) is 76.4. The lowest BCUT2D eigenvalue weighted by atomic mass is 10.1. The highest BCUT2D eigenvalue weighted by Crippen LogP contribution is 2.52. The Kier molecular flexibility index (Phi) is 18.4. The minimum Gasteiger partial charge on any atom is -0.454 e. The third-order valence-electron chi connectivity index (χ3n) is 24.8. The molecule has 0 aliphatic carbocycles. The Bertz CT molecular complexity index is 7000. The van der Waals surface area contributed by atoms with Crippen LogP contribution < -0.4 is 34.3 Å². The van der Waals surface area contributed by atoms with Gasteiger partial charge in [-0.15, -0.1) is 0 Å². The molecule has 6 aromatic heterocycles. The zero-order chi connectivity index (χ0) is 88.6. The van der Waals surface area contributed by atoms with Gasteiger partial charge in [-0.25, -0.2) is 9.97 Å². The van der Waals surface area contributed by atoms with Gasteiger partial charge in [0.15, 0.2) is 39.6 Å². The van der Waals surface area contributed by atoms with E-state index in [1.807, 2.05) is 184 Å². The molecule has 0 saturated carbocycles. The molecule has 5 atom stereocenters. The topological polar surface area (TPSA) is 124 Å². The summed E-state index contributed by atoms with van der Waals surface area (Å²) in [6.45, 7) is 26.5. The summed E-state index contributed by atoms with van der Waals surface area (Å²) in [7, 11) is 2.15. The molecule has 612 valence electrons. The maximum Gasteiger partial charge on any atom is 0.178 e. The van der Waals surface area contributed by atoms with Crippen molar-refractivity contribution < 1.29 is 28.9 Å². The number of benzene rings is 12. The molecule has 122 heavy (non-hydrogen) atoms. The van der Waals surface area contributed by atoms with Gasteiger partial charge in [-0.1, -0.05) is 182 Å². The Morgan fingerprint density at radius 3 is 0.975 bits per heavy atom. The van der Waals surface area contributed by atoms with Crippen LogP contribution in [0.5, 0.6) is 0 Å². The predicted octanol–water partition coefficient (Wildman–Crippen LogP) is 27.1. The number of hydrogen-bond acceptors (Lipinski definition) is 17. The highest BCUT2D eigenvalue weighted by Gasteiger charge is 2.41. The van der Waals surface area contributed by atoms with E-state index < -0.39 is 19.0 Å². The van der Waals surface area contributed by atoms with Gasteiger partial charge in [0.2, 0.25) is 0 Å². The van der Waals surface area contributed by atoms with Crippen molar-refractivity contribution in [2.75, 3.05) is 48.3 Å². The molecule has 0 bridgehead atoms. The molecule has 11 heterocycles. The van der Waals surface area contributed by atoms with E-state index in [0.29, 0.717) is 0 Å². The Morgan fingerprint density at radius 2 is 0.615 bits per heavy atom. The van der Waals surface area contributed by atoms with Crippen LogP contribution in [0.3, 0.4) is 0 Å². The normalized spacial score (nSPS) is 18.2. The quantitative estimate of drug-likeness (QED) is 0.143. The first kappa shape index (κ1) is 72.0. The second kappa shape index (κ2) is 31.3. The van der Waals surface area contributed by atoms with Crippen LogP contribution in [-0.4, -0.2) is 81.6 Å². The van der Waals surface area contributed by atoms with E-state index in [0.717, 1.165) is 156 Å². The van der Waals surface area contributed by atoms with Gasteiger partial charge in [0.1, 0.15) is 58.7 Å². The number of para-hydroxylation sites is 8. The third kappa shape index (κ3) is 13.1. The van der Waals surface area contributed by atoms with E-state index >= 15 is 0 Å². The fourth-order valence-corrected chi connectivity index (χ4v) is 18.5. The highest BCUT2D eigenvalue weighted by molar-refractivity contribution is 6.15. The second-order valence-corrected chi connectivity index (χ2v) is 32.7. The van der Waals surface area contributed by atoms with Gasteiger partial charge in [0, 0.05) is 139 Å². The second-order valence-electron chi connectivity index (χ2n) is 32.7. The summed E-state index contributed by atoms with van der Waals surface area (Å²) in [5.41, 5.74) is 23.6. The van der Waals surface area contributed by atoms with Crippen LogP contribution in [0.1, 0.15) is 97.0 Å². The minimum atomic E-state index is -2.17. The lowest BCUT2D eigenvalue weighted by Gasteiger charge is -2.33. The highest BCUT2D eigenvalue weighted by atomic mass is 16.3. The molecule has 0 amide bonds. The third-order valence-corrected chi connectivity index (χ3v) is 24.8. The summed E-state index contributed by atoms with van der Waals surface area (Å²) in [4.78, 5) is 30.5. The number of rotatable bonds is 8. The van der Waals surface area contributed by atoms with Gasteiger partial charge >= 0.3 is 0 Å². The van der Waals surface area contributed by atoms with Gasteiger partial charge in [-0.05, 0) is 179 Å².